The summed E-state index contributed by atoms with van der Waals surface area (Å²) in [5.41, 5.74) is 1.10. The lowest BCUT2D eigenvalue weighted by molar-refractivity contribution is 0.268. The molecule has 0 unspecified atom stereocenters. The summed E-state index contributed by atoms with van der Waals surface area (Å²) in [6.07, 6.45) is 1.26. The minimum absolute atomic E-state index is 0.219. The number of benzene rings is 1. The molecule has 0 fully saturated rings. The van der Waals surface area contributed by atoms with Gasteiger partial charge in [-0.2, -0.15) is 4.98 Å². The van der Waals surface area contributed by atoms with Crippen LogP contribution in [-0.2, 0) is 13.2 Å². The Morgan fingerprint density at radius 3 is 2.89 bits per heavy atom. The van der Waals surface area contributed by atoms with Crippen LogP contribution in [0.5, 0.6) is 11.5 Å². The van der Waals surface area contributed by atoms with Gasteiger partial charge in [-0.3, -0.25) is 0 Å². The van der Waals surface area contributed by atoms with Crippen molar-refractivity contribution in [1.82, 2.24) is 15.5 Å². The van der Waals surface area contributed by atoms with E-state index in [0.29, 0.717) is 17.3 Å². The van der Waals surface area contributed by atoms with E-state index < -0.39 is 0 Å². The highest BCUT2D eigenvalue weighted by molar-refractivity contribution is 9.10. The number of aromatic nitrogens is 2. The molecule has 0 aliphatic carbocycles. The van der Waals surface area contributed by atoms with Crippen molar-refractivity contribution in [3.05, 3.63) is 34.4 Å². The molecular formula is C12H14BrN3O3. The summed E-state index contributed by atoms with van der Waals surface area (Å²) in [5.74, 6) is 1.75. The van der Waals surface area contributed by atoms with Gasteiger partial charge in [0, 0.05) is 6.54 Å². The van der Waals surface area contributed by atoms with Gasteiger partial charge in [0.1, 0.15) is 0 Å². The van der Waals surface area contributed by atoms with E-state index in [9.17, 15) is 0 Å². The molecule has 102 valence electrons. The molecule has 1 aromatic carbocycles. The Bertz CT molecular complexity index is 531. The highest BCUT2D eigenvalue weighted by atomic mass is 79.9. The van der Waals surface area contributed by atoms with Gasteiger partial charge in [-0.15, -0.1) is 0 Å². The van der Waals surface area contributed by atoms with Crippen LogP contribution in [0, 0.1) is 0 Å². The number of nitrogens with one attached hydrogen (secondary N) is 1. The quantitative estimate of drug-likeness (QED) is 0.876. The van der Waals surface area contributed by atoms with Gasteiger partial charge in [0.25, 0.3) is 0 Å². The number of ether oxygens (including phenoxy) is 2. The lowest BCUT2D eigenvalue weighted by atomic mass is 10.2. The van der Waals surface area contributed by atoms with Gasteiger partial charge >= 0.3 is 0 Å². The summed E-state index contributed by atoms with van der Waals surface area (Å²) < 4.78 is 16.5. The Kier molecular flexibility index (Phi) is 4.75. The average molecular weight is 328 g/mol. The predicted molar refractivity (Wildman–Crippen MR) is 72.1 cm³/mol. The van der Waals surface area contributed by atoms with Crippen LogP contribution in [0.4, 0.5) is 0 Å². The first-order chi connectivity index (χ1) is 9.24. The van der Waals surface area contributed by atoms with E-state index in [-0.39, 0.29) is 6.61 Å². The summed E-state index contributed by atoms with van der Waals surface area (Å²) in [5, 5.41) is 6.77. The number of methoxy groups -OCH3 is 1. The minimum Gasteiger partial charge on any atom is -0.493 e. The first kappa shape index (κ1) is 13.8. The van der Waals surface area contributed by atoms with Crippen molar-refractivity contribution in [2.24, 2.45) is 0 Å². The van der Waals surface area contributed by atoms with Crippen molar-refractivity contribution in [2.45, 2.75) is 13.2 Å². The first-order valence-electron chi connectivity index (χ1n) is 5.63. The molecule has 0 aliphatic heterocycles. The molecule has 0 bridgehead atoms. The van der Waals surface area contributed by atoms with Gasteiger partial charge in [0.15, 0.2) is 18.1 Å². The second-order valence-electron chi connectivity index (χ2n) is 3.78. The highest BCUT2D eigenvalue weighted by Crippen LogP contribution is 2.37. The predicted octanol–water partition coefficient (Wildman–Crippen LogP) is 2.14. The van der Waals surface area contributed by atoms with Gasteiger partial charge in [0.2, 0.25) is 12.2 Å². The van der Waals surface area contributed by atoms with Crippen molar-refractivity contribution in [3.63, 3.8) is 0 Å². The highest BCUT2D eigenvalue weighted by Gasteiger charge is 2.12. The van der Waals surface area contributed by atoms with Crippen LogP contribution < -0.4 is 14.8 Å². The average Bonchev–Trinajstić information content (AvgIpc) is 2.90. The molecule has 6 nitrogen and oxygen atoms in total. The molecule has 1 aromatic heterocycles. The van der Waals surface area contributed by atoms with Gasteiger partial charge in [-0.05, 0) is 40.7 Å². The van der Waals surface area contributed by atoms with E-state index >= 15 is 0 Å². The SMILES string of the molecule is CNCc1cc(Br)c(OCc2ncon2)c(OC)c1. The minimum atomic E-state index is 0.219. The van der Waals surface area contributed by atoms with Crippen molar-refractivity contribution >= 4 is 15.9 Å². The Hall–Kier alpha value is -1.60. The van der Waals surface area contributed by atoms with Crippen molar-refractivity contribution in [2.75, 3.05) is 14.2 Å². The summed E-state index contributed by atoms with van der Waals surface area (Å²) in [6.45, 7) is 0.969. The van der Waals surface area contributed by atoms with Gasteiger partial charge in [-0.25, -0.2) is 0 Å². The van der Waals surface area contributed by atoms with Gasteiger partial charge in [0.05, 0.1) is 11.6 Å². The summed E-state index contributed by atoms with van der Waals surface area (Å²) in [6, 6.07) is 3.90. The zero-order chi connectivity index (χ0) is 13.7. The molecule has 7 heteroatoms. The Morgan fingerprint density at radius 1 is 1.42 bits per heavy atom. The van der Waals surface area contributed by atoms with Crippen LogP contribution in [0.25, 0.3) is 0 Å². The van der Waals surface area contributed by atoms with E-state index in [1.54, 1.807) is 7.11 Å². The molecular weight excluding hydrogens is 314 g/mol. The molecule has 0 amide bonds. The molecule has 1 heterocycles. The molecule has 19 heavy (non-hydrogen) atoms. The fraction of sp³-hybridized carbons (Fsp3) is 0.333. The maximum Gasteiger partial charge on any atom is 0.213 e. The van der Waals surface area contributed by atoms with E-state index in [4.69, 9.17) is 9.47 Å². The molecule has 1 N–H and O–H groups in total. The third-order valence-electron chi connectivity index (χ3n) is 2.42. The van der Waals surface area contributed by atoms with Crippen molar-refractivity contribution in [1.29, 1.82) is 0 Å². The number of nitrogens with zero attached hydrogens (tertiary/aromatic N) is 2. The smallest absolute Gasteiger partial charge is 0.213 e. The molecule has 0 radical (unpaired) electrons. The van der Waals surface area contributed by atoms with E-state index in [2.05, 4.69) is 35.9 Å². The standard InChI is InChI=1S/C12H14BrN3O3/c1-14-5-8-3-9(13)12(10(4-8)17-2)18-6-11-15-7-19-16-11/h3-4,7,14H,5-6H2,1-2H3. The maximum atomic E-state index is 5.66. The van der Waals surface area contributed by atoms with Crippen LogP contribution in [0.3, 0.4) is 0 Å². The van der Waals surface area contributed by atoms with Crippen LogP contribution in [0.2, 0.25) is 0 Å². The summed E-state index contributed by atoms with van der Waals surface area (Å²) in [4.78, 5) is 3.89. The second kappa shape index (κ2) is 6.53. The molecule has 2 rings (SSSR count). The Morgan fingerprint density at radius 2 is 2.26 bits per heavy atom. The molecule has 0 spiro atoms. The summed E-state index contributed by atoms with van der Waals surface area (Å²) in [7, 11) is 3.49. The first-order valence-corrected chi connectivity index (χ1v) is 6.43. The number of halogens is 1. The maximum absolute atomic E-state index is 5.66. The fourth-order valence-electron chi connectivity index (χ4n) is 1.61. The topological polar surface area (TPSA) is 69.4 Å². The molecule has 0 aliphatic rings. The van der Waals surface area contributed by atoms with E-state index in [0.717, 1.165) is 16.6 Å². The number of hydrogen-bond acceptors (Lipinski definition) is 6. The zero-order valence-electron chi connectivity index (χ0n) is 10.6. The lowest BCUT2D eigenvalue weighted by Crippen LogP contribution is -2.06. The molecule has 2 aromatic rings. The number of hydrogen-bond donors (Lipinski definition) is 1. The van der Waals surface area contributed by atoms with Crippen molar-refractivity contribution in [3.8, 4) is 11.5 Å². The molecule has 0 saturated carbocycles. The van der Waals surface area contributed by atoms with Gasteiger partial charge in [-0.1, -0.05) is 5.16 Å². The van der Waals surface area contributed by atoms with Crippen LogP contribution in [-0.4, -0.2) is 24.3 Å². The van der Waals surface area contributed by atoms with Crippen molar-refractivity contribution < 1.29 is 14.0 Å². The second-order valence-corrected chi connectivity index (χ2v) is 4.63. The van der Waals surface area contributed by atoms with Gasteiger partial charge < -0.3 is 19.3 Å². The van der Waals surface area contributed by atoms with E-state index in [1.165, 1.54) is 6.39 Å². The Labute approximate surface area is 119 Å². The largest absolute Gasteiger partial charge is 0.493 e. The van der Waals surface area contributed by atoms with E-state index in [1.807, 2.05) is 19.2 Å². The lowest BCUT2D eigenvalue weighted by Gasteiger charge is -2.13. The number of rotatable bonds is 6. The summed E-state index contributed by atoms with van der Waals surface area (Å²) >= 11 is 3.48. The van der Waals surface area contributed by atoms with Crippen LogP contribution >= 0.6 is 15.9 Å². The molecule has 0 saturated heterocycles. The Balaban J connectivity index is 2.18. The third kappa shape index (κ3) is 3.45. The van der Waals surface area contributed by atoms with Crippen LogP contribution in [0.15, 0.2) is 27.5 Å². The fourth-order valence-corrected chi connectivity index (χ4v) is 2.22. The zero-order valence-corrected chi connectivity index (χ0v) is 12.2. The third-order valence-corrected chi connectivity index (χ3v) is 3.01. The molecule has 0 atom stereocenters. The normalized spacial score (nSPS) is 10.5. The van der Waals surface area contributed by atoms with Crippen LogP contribution in [0.1, 0.15) is 11.4 Å². The monoisotopic (exact) mass is 327 g/mol.